The van der Waals surface area contributed by atoms with Crippen LogP contribution in [0.3, 0.4) is 0 Å². The molecule has 19 heavy (non-hydrogen) atoms. The predicted octanol–water partition coefficient (Wildman–Crippen LogP) is 2.64. The van der Waals surface area contributed by atoms with Crippen LogP contribution in [0, 0.1) is 5.92 Å². The van der Waals surface area contributed by atoms with Gasteiger partial charge in [0.2, 0.25) is 0 Å². The van der Waals surface area contributed by atoms with E-state index in [0.717, 1.165) is 18.9 Å². The number of unbranched alkanes of at least 4 members (excludes halogenated alkanes) is 1. The maximum Gasteiger partial charge on any atom is 0.0701 e. The molecule has 0 saturated heterocycles. The molecule has 0 rings (SSSR count). The first-order valence-electron chi connectivity index (χ1n) is 7.69. The third kappa shape index (κ3) is 14.1. The molecule has 0 aliphatic heterocycles. The van der Waals surface area contributed by atoms with Gasteiger partial charge in [-0.25, -0.2) is 0 Å². The summed E-state index contributed by atoms with van der Waals surface area (Å²) in [6.45, 7) is 8.17. The minimum Gasteiger partial charge on any atom is -0.394 e. The van der Waals surface area contributed by atoms with E-state index in [4.69, 9.17) is 19.3 Å². The maximum absolute atomic E-state index is 8.50. The van der Waals surface area contributed by atoms with E-state index in [2.05, 4.69) is 13.8 Å². The van der Waals surface area contributed by atoms with Crippen LogP contribution in [-0.4, -0.2) is 51.4 Å². The highest BCUT2D eigenvalue weighted by Crippen LogP contribution is 2.16. The lowest BCUT2D eigenvalue weighted by Crippen LogP contribution is -2.12. The highest BCUT2D eigenvalue weighted by Gasteiger charge is 2.05. The lowest BCUT2D eigenvalue weighted by molar-refractivity contribution is 0.00571. The lowest BCUT2D eigenvalue weighted by atomic mass is 9.96. The summed E-state index contributed by atoms with van der Waals surface area (Å²) in [5.41, 5.74) is 0. The molecule has 0 saturated carbocycles. The second-order valence-electron chi connectivity index (χ2n) is 4.77. The Labute approximate surface area is 118 Å². The van der Waals surface area contributed by atoms with E-state index in [1.165, 1.54) is 25.7 Å². The number of hydrogen-bond donors (Lipinski definition) is 1. The van der Waals surface area contributed by atoms with Crippen LogP contribution in [0.25, 0.3) is 0 Å². The van der Waals surface area contributed by atoms with Crippen molar-refractivity contribution in [2.75, 3.05) is 46.2 Å². The van der Waals surface area contributed by atoms with Crippen molar-refractivity contribution in [1.29, 1.82) is 0 Å². The molecule has 0 aromatic heterocycles. The second-order valence-corrected chi connectivity index (χ2v) is 4.77. The Balaban J connectivity index is 3.16. The minimum absolute atomic E-state index is 0.0692. The summed E-state index contributed by atoms with van der Waals surface area (Å²) in [6, 6.07) is 0. The molecule has 0 bridgehead atoms. The molecule has 1 unspecified atom stereocenters. The summed E-state index contributed by atoms with van der Waals surface area (Å²) in [7, 11) is 0. The molecular weight excluding hydrogens is 244 g/mol. The molecule has 0 heterocycles. The molecule has 4 nitrogen and oxygen atoms in total. The van der Waals surface area contributed by atoms with E-state index >= 15 is 0 Å². The molecule has 116 valence electrons. The smallest absolute Gasteiger partial charge is 0.0701 e. The van der Waals surface area contributed by atoms with Crippen LogP contribution in [-0.2, 0) is 14.2 Å². The monoisotopic (exact) mass is 276 g/mol. The number of hydrogen-bond acceptors (Lipinski definition) is 4. The molecule has 0 fully saturated rings. The zero-order chi connectivity index (χ0) is 14.2. The van der Waals surface area contributed by atoms with E-state index < -0.39 is 0 Å². The molecule has 0 spiro atoms. The van der Waals surface area contributed by atoms with Gasteiger partial charge < -0.3 is 19.3 Å². The zero-order valence-corrected chi connectivity index (χ0v) is 12.7. The van der Waals surface area contributed by atoms with Crippen LogP contribution in [0.4, 0.5) is 0 Å². The molecule has 0 aromatic rings. The number of ether oxygens (including phenoxy) is 3. The lowest BCUT2D eigenvalue weighted by Gasteiger charge is -2.14. The van der Waals surface area contributed by atoms with Crippen LogP contribution in [0.1, 0.15) is 46.0 Å². The van der Waals surface area contributed by atoms with Crippen molar-refractivity contribution < 1.29 is 19.3 Å². The normalized spacial score (nSPS) is 12.8. The molecule has 1 N–H and O–H groups in total. The Bertz CT molecular complexity index is 164. The van der Waals surface area contributed by atoms with Crippen molar-refractivity contribution in [1.82, 2.24) is 0 Å². The molecule has 0 aliphatic rings. The first-order chi connectivity index (χ1) is 9.35. The third-order valence-electron chi connectivity index (χ3n) is 3.19. The summed E-state index contributed by atoms with van der Waals surface area (Å²) in [5, 5.41) is 8.50. The molecule has 0 radical (unpaired) electrons. The molecule has 0 aliphatic carbocycles. The Morgan fingerprint density at radius 3 is 1.89 bits per heavy atom. The van der Waals surface area contributed by atoms with E-state index in [9.17, 15) is 0 Å². The van der Waals surface area contributed by atoms with E-state index in [1.807, 2.05) is 0 Å². The Kier molecular flexibility index (Phi) is 15.8. The van der Waals surface area contributed by atoms with Gasteiger partial charge in [-0.05, 0) is 12.3 Å². The predicted molar refractivity (Wildman–Crippen MR) is 77.5 cm³/mol. The van der Waals surface area contributed by atoms with E-state index in [0.29, 0.717) is 33.0 Å². The van der Waals surface area contributed by atoms with Crippen LogP contribution in [0.15, 0.2) is 0 Å². The summed E-state index contributed by atoms with van der Waals surface area (Å²) in [4.78, 5) is 0. The highest BCUT2D eigenvalue weighted by molar-refractivity contribution is 4.56. The fraction of sp³-hybridized carbons (Fsp3) is 1.00. The van der Waals surface area contributed by atoms with Gasteiger partial charge in [-0.1, -0.05) is 39.5 Å². The standard InChI is InChI=1S/C15H32O4/c1-3-5-6-15(4-2)7-9-17-11-13-19-14-12-18-10-8-16/h15-16H,3-14H2,1-2H3. The number of aliphatic hydroxyl groups excluding tert-OH is 1. The van der Waals surface area contributed by atoms with Crippen LogP contribution in [0.5, 0.6) is 0 Å². The van der Waals surface area contributed by atoms with Gasteiger partial charge in [-0.15, -0.1) is 0 Å². The molecule has 0 amide bonds. The van der Waals surface area contributed by atoms with Crippen molar-refractivity contribution in [2.24, 2.45) is 5.92 Å². The van der Waals surface area contributed by atoms with Gasteiger partial charge in [0.15, 0.2) is 0 Å². The second kappa shape index (κ2) is 15.9. The van der Waals surface area contributed by atoms with Gasteiger partial charge in [0.05, 0.1) is 39.6 Å². The van der Waals surface area contributed by atoms with Gasteiger partial charge in [-0.3, -0.25) is 0 Å². The van der Waals surface area contributed by atoms with Crippen molar-refractivity contribution >= 4 is 0 Å². The SMILES string of the molecule is CCCCC(CC)CCOCCOCCOCCO. The highest BCUT2D eigenvalue weighted by atomic mass is 16.5. The van der Waals surface area contributed by atoms with Crippen LogP contribution in [0.2, 0.25) is 0 Å². The largest absolute Gasteiger partial charge is 0.394 e. The Morgan fingerprint density at radius 1 is 0.789 bits per heavy atom. The zero-order valence-electron chi connectivity index (χ0n) is 12.7. The van der Waals surface area contributed by atoms with Gasteiger partial charge in [-0.2, -0.15) is 0 Å². The summed E-state index contributed by atoms with van der Waals surface area (Å²) in [6.07, 6.45) is 6.35. The quantitative estimate of drug-likeness (QED) is 0.467. The van der Waals surface area contributed by atoms with Gasteiger partial charge >= 0.3 is 0 Å². The maximum atomic E-state index is 8.50. The molecule has 1 atom stereocenters. The Hall–Kier alpha value is -0.160. The van der Waals surface area contributed by atoms with Crippen molar-refractivity contribution in [3.63, 3.8) is 0 Å². The fourth-order valence-corrected chi connectivity index (χ4v) is 1.90. The van der Waals surface area contributed by atoms with Gasteiger partial charge in [0.25, 0.3) is 0 Å². The fourth-order valence-electron chi connectivity index (χ4n) is 1.90. The number of rotatable bonds is 15. The van der Waals surface area contributed by atoms with Crippen LogP contribution < -0.4 is 0 Å². The molecular formula is C15H32O4. The van der Waals surface area contributed by atoms with Crippen molar-refractivity contribution in [3.8, 4) is 0 Å². The first-order valence-corrected chi connectivity index (χ1v) is 7.69. The van der Waals surface area contributed by atoms with E-state index in [-0.39, 0.29) is 6.61 Å². The third-order valence-corrected chi connectivity index (χ3v) is 3.19. The van der Waals surface area contributed by atoms with Crippen LogP contribution >= 0.6 is 0 Å². The van der Waals surface area contributed by atoms with Gasteiger partial charge in [0.1, 0.15) is 0 Å². The van der Waals surface area contributed by atoms with Crippen molar-refractivity contribution in [3.05, 3.63) is 0 Å². The minimum atomic E-state index is 0.0692. The first kappa shape index (κ1) is 18.8. The Morgan fingerprint density at radius 2 is 1.37 bits per heavy atom. The summed E-state index contributed by atoms with van der Waals surface area (Å²) >= 11 is 0. The van der Waals surface area contributed by atoms with Crippen molar-refractivity contribution in [2.45, 2.75) is 46.0 Å². The average Bonchev–Trinajstić information content (AvgIpc) is 2.44. The summed E-state index contributed by atoms with van der Waals surface area (Å²) in [5.74, 6) is 0.813. The molecule has 4 heteroatoms. The van der Waals surface area contributed by atoms with E-state index in [1.54, 1.807) is 0 Å². The summed E-state index contributed by atoms with van der Waals surface area (Å²) < 4.78 is 16.0. The van der Waals surface area contributed by atoms with Gasteiger partial charge in [0, 0.05) is 6.61 Å². The molecule has 0 aromatic carbocycles. The average molecular weight is 276 g/mol. The number of aliphatic hydroxyl groups is 1. The topological polar surface area (TPSA) is 47.9 Å².